The smallest absolute Gasteiger partial charge is 0.177 e. The van der Waals surface area contributed by atoms with Crippen LogP contribution in [0.1, 0.15) is 38.5 Å². The third-order valence-electron chi connectivity index (χ3n) is 3.68. The van der Waals surface area contributed by atoms with Gasteiger partial charge >= 0.3 is 0 Å². The molecule has 0 bridgehead atoms. The molecular weight excluding hydrogens is 270 g/mol. The molecule has 0 aliphatic heterocycles. The van der Waals surface area contributed by atoms with Crippen LogP contribution in [0.25, 0.3) is 0 Å². The maximum atomic E-state index is 11.7. The fourth-order valence-electron chi connectivity index (χ4n) is 2.60. The highest BCUT2D eigenvalue weighted by atomic mass is 32.2. The molecule has 0 amide bonds. The molecule has 4 heteroatoms. The van der Waals surface area contributed by atoms with E-state index in [1.54, 1.807) is 12.1 Å². The maximum absolute atomic E-state index is 11.7. The largest absolute Gasteiger partial charge is 0.384 e. The van der Waals surface area contributed by atoms with Gasteiger partial charge in [-0.15, -0.1) is 0 Å². The van der Waals surface area contributed by atoms with Gasteiger partial charge in [0.2, 0.25) is 0 Å². The summed E-state index contributed by atoms with van der Waals surface area (Å²) < 4.78 is 23.4. The van der Waals surface area contributed by atoms with E-state index in [-0.39, 0.29) is 0 Å². The van der Waals surface area contributed by atoms with Crippen LogP contribution in [0.4, 0.5) is 5.69 Å². The van der Waals surface area contributed by atoms with Gasteiger partial charge in [-0.1, -0.05) is 30.2 Å². The molecule has 0 radical (unpaired) electrons. The Bertz CT molecular complexity index is 576. The minimum absolute atomic E-state index is 0.384. The van der Waals surface area contributed by atoms with Crippen LogP contribution in [-0.4, -0.2) is 21.2 Å². The van der Waals surface area contributed by atoms with Gasteiger partial charge in [0.25, 0.3) is 0 Å². The van der Waals surface area contributed by atoms with Crippen molar-refractivity contribution in [1.82, 2.24) is 0 Å². The van der Waals surface area contributed by atoms with E-state index in [2.05, 4.69) is 11.4 Å². The Kier molecular flexibility index (Phi) is 5.24. The summed E-state index contributed by atoms with van der Waals surface area (Å²) in [6, 6.07) is 7.11. The average Bonchev–Trinajstić information content (AvgIpc) is 2.67. The molecule has 1 aliphatic rings. The second-order valence-electron chi connectivity index (χ2n) is 5.41. The van der Waals surface area contributed by atoms with Crippen molar-refractivity contribution in [3.8, 4) is 0 Å². The van der Waals surface area contributed by atoms with Crippen LogP contribution < -0.4 is 5.32 Å². The van der Waals surface area contributed by atoms with E-state index in [0.29, 0.717) is 10.6 Å². The zero-order valence-electron chi connectivity index (χ0n) is 12.1. The lowest BCUT2D eigenvalue weighted by Gasteiger charge is -2.11. The molecule has 1 aromatic carbocycles. The highest BCUT2D eigenvalue weighted by Crippen LogP contribution is 2.22. The van der Waals surface area contributed by atoms with Crippen molar-refractivity contribution in [2.24, 2.45) is 0 Å². The summed E-state index contributed by atoms with van der Waals surface area (Å²) in [5, 5.41) is 3.27. The Morgan fingerprint density at radius 2 is 1.95 bits per heavy atom. The SMILES string of the molecule is CS(=O)(=O)c1ccccc1NCCC1=CCCCCC1. The number of hydrogen-bond donors (Lipinski definition) is 1. The predicted molar refractivity (Wildman–Crippen MR) is 83.8 cm³/mol. The van der Waals surface area contributed by atoms with Crippen molar-refractivity contribution in [1.29, 1.82) is 0 Å². The lowest BCUT2D eigenvalue weighted by molar-refractivity contribution is 0.602. The molecule has 0 saturated heterocycles. The van der Waals surface area contributed by atoms with Crippen LogP contribution in [0, 0.1) is 0 Å². The highest BCUT2D eigenvalue weighted by molar-refractivity contribution is 7.90. The predicted octanol–water partition coefficient (Wildman–Crippen LogP) is 3.78. The topological polar surface area (TPSA) is 46.2 Å². The molecule has 1 aliphatic carbocycles. The van der Waals surface area contributed by atoms with Crippen LogP contribution in [0.2, 0.25) is 0 Å². The van der Waals surface area contributed by atoms with E-state index in [1.165, 1.54) is 43.9 Å². The monoisotopic (exact) mass is 293 g/mol. The van der Waals surface area contributed by atoms with Gasteiger partial charge in [0.1, 0.15) is 0 Å². The van der Waals surface area contributed by atoms with Crippen LogP contribution in [0.3, 0.4) is 0 Å². The Morgan fingerprint density at radius 3 is 2.75 bits per heavy atom. The number of benzene rings is 1. The summed E-state index contributed by atoms with van der Waals surface area (Å²) in [4.78, 5) is 0.384. The van der Waals surface area contributed by atoms with Gasteiger partial charge in [-0.05, 0) is 44.2 Å². The molecule has 1 aromatic rings. The normalized spacial score (nSPS) is 16.4. The minimum Gasteiger partial charge on any atom is -0.384 e. The van der Waals surface area contributed by atoms with Gasteiger partial charge in [0.15, 0.2) is 9.84 Å². The van der Waals surface area contributed by atoms with Crippen LogP contribution in [0.5, 0.6) is 0 Å². The summed E-state index contributed by atoms with van der Waals surface area (Å²) in [7, 11) is -3.17. The molecule has 0 heterocycles. The lowest BCUT2D eigenvalue weighted by atomic mass is 10.1. The Balaban J connectivity index is 1.96. The number of sulfone groups is 1. The van der Waals surface area contributed by atoms with Crippen LogP contribution in [-0.2, 0) is 9.84 Å². The third kappa shape index (κ3) is 4.37. The van der Waals surface area contributed by atoms with Gasteiger partial charge in [-0.3, -0.25) is 0 Å². The zero-order valence-corrected chi connectivity index (χ0v) is 12.9. The third-order valence-corrected chi connectivity index (χ3v) is 4.84. The fraction of sp³-hybridized carbons (Fsp3) is 0.500. The molecule has 0 saturated carbocycles. The first-order valence-corrected chi connectivity index (χ1v) is 9.17. The van der Waals surface area contributed by atoms with Crippen molar-refractivity contribution in [3.63, 3.8) is 0 Å². The quantitative estimate of drug-likeness (QED) is 0.840. The fourth-order valence-corrected chi connectivity index (χ4v) is 3.47. The first-order valence-electron chi connectivity index (χ1n) is 7.28. The van der Waals surface area contributed by atoms with Crippen molar-refractivity contribution in [3.05, 3.63) is 35.9 Å². The van der Waals surface area contributed by atoms with E-state index in [1.807, 2.05) is 12.1 Å². The van der Waals surface area contributed by atoms with E-state index < -0.39 is 9.84 Å². The molecule has 20 heavy (non-hydrogen) atoms. The van der Waals surface area contributed by atoms with Crippen LogP contribution >= 0.6 is 0 Å². The second-order valence-corrected chi connectivity index (χ2v) is 7.39. The van der Waals surface area contributed by atoms with E-state index in [9.17, 15) is 8.42 Å². The molecule has 2 rings (SSSR count). The highest BCUT2D eigenvalue weighted by Gasteiger charge is 2.12. The number of para-hydroxylation sites is 1. The van der Waals surface area contributed by atoms with Gasteiger partial charge in [-0.2, -0.15) is 0 Å². The van der Waals surface area contributed by atoms with E-state index in [4.69, 9.17) is 0 Å². The van der Waals surface area contributed by atoms with Crippen LogP contribution in [0.15, 0.2) is 40.8 Å². The first-order chi connectivity index (χ1) is 9.57. The maximum Gasteiger partial charge on any atom is 0.177 e. The molecular formula is C16H23NO2S. The lowest BCUT2D eigenvalue weighted by Crippen LogP contribution is -2.08. The Labute approximate surface area is 122 Å². The number of rotatable bonds is 5. The molecule has 110 valence electrons. The molecule has 0 unspecified atom stereocenters. The molecule has 0 fully saturated rings. The van der Waals surface area contributed by atoms with Crippen molar-refractivity contribution in [2.45, 2.75) is 43.4 Å². The number of hydrogen-bond acceptors (Lipinski definition) is 3. The molecule has 1 N–H and O–H groups in total. The number of allylic oxidation sites excluding steroid dienone is 1. The van der Waals surface area contributed by atoms with E-state index in [0.717, 1.165) is 13.0 Å². The Hall–Kier alpha value is -1.29. The van der Waals surface area contributed by atoms with Crippen molar-refractivity contribution < 1.29 is 8.42 Å². The van der Waals surface area contributed by atoms with Gasteiger partial charge in [-0.25, -0.2) is 8.42 Å². The van der Waals surface area contributed by atoms with Gasteiger partial charge in [0, 0.05) is 12.8 Å². The summed E-state index contributed by atoms with van der Waals surface area (Å²) in [5.41, 5.74) is 2.22. The minimum atomic E-state index is -3.17. The summed E-state index contributed by atoms with van der Waals surface area (Å²) in [6.07, 6.45) is 10.9. The van der Waals surface area contributed by atoms with Crippen molar-refractivity contribution in [2.75, 3.05) is 18.1 Å². The molecule has 0 atom stereocenters. The molecule has 0 spiro atoms. The average molecular weight is 293 g/mol. The van der Waals surface area contributed by atoms with Gasteiger partial charge in [0.05, 0.1) is 10.6 Å². The summed E-state index contributed by atoms with van der Waals surface area (Å²) in [5.74, 6) is 0. The molecule has 3 nitrogen and oxygen atoms in total. The van der Waals surface area contributed by atoms with Gasteiger partial charge < -0.3 is 5.32 Å². The van der Waals surface area contributed by atoms with Crippen molar-refractivity contribution >= 4 is 15.5 Å². The second kappa shape index (κ2) is 6.93. The standard InChI is InChI=1S/C16H23NO2S/c1-20(18,19)16-11-7-6-10-15(16)17-13-12-14-8-4-2-3-5-9-14/h6-8,10-11,17H,2-5,9,12-13H2,1H3. The number of nitrogens with one attached hydrogen (secondary N) is 1. The Morgan fingerprint density at radius 1 is 1.15 bits per heavy atom. The van der Waals surface area contributed by atoms with E-state index >= 15 is 0 Å². The first kappa shape index (κ1) is 15.1. The number of anilines is 1. The summed E-state index contributed by atoms with van der Waals surface area (Å²) in [6.45, 7) is 0.790. The zero-order chi connectivity index (χ0) is 14.4. The summed E-state index contributed by atoms with van der Waals surface area (Å²) >= 11 is 0. The molecule has 0 aromatic heterocycles.